The highest BCUT2D eigenvalue weighted by Gasteiger charge is 2.47. The van der Waals surface area contributed by atoms with Crippen molar-refractivity contribution in [2.45, 2.75) is 45.4 Å². The molecule has 1 aliphatic carbocycles. The Morgan fingerprint density at radius 2 is 2.09 bits per heavy atom. The maximum atomic E-state index is 13.0. The lowest BCUT2D eigenvalue weighted by molar-refractivity contribution is -0.368. The van der Waals surface area contributed by atoms with Gasteiger partial charge in [-0.15, -0.1) is 8.78 Å². The molecule has 128 valence electrons. The molecule has 0 aromatic carbocycles. The third kappa shape index (κ3) is 4.75. The van der Waals surface area contributed by atoms with Gasteiger partial charge in [0.05, 0.1) is 12.9 Å². The Morgan fingerprint density at radius 3 is 2.70 bits per heavy atom. The van der Waals surface area contributed by atoms with E-state index in [1.165, 1.54) is 0 Å². The van der Waals surface area contributed by atoms with Crippen molar-refractivity contribution in [2.24, 2.45) is 17.1 Å². The van der Waals surface area contributed by atoms with Gasteiger partial charge in [-0.1, -0.05) is 44.2 Å². The second-order valence-electron chi connectivity index (χ2n) is 6.54. The van der Waals surface area contributed by atoms with Gasteiger partial charge in [0.2, 0.25) is 0 Å². The van der Waals surface area contributed by atoms with Gasteiger partial charge in [-0.25, -0.2) is 0 Å². The summed E-state index contributed by atoms with van der Waals surface area (Å²) in [6, 6.07) is -0.0858. The van der Waals surface area contributed by atoms with Gasteiger partial charge in [-0.05, 0) is 36.8 Å². The Labute approximate surface area is 136 Å². The van der Waals surface area contributed by atoms with Crippen molar-refractivity contribution in [3.63, 3.8) is 0 Å². The average Bonchev–Trinajstić information content (AvgIpc) is 3.22. The van der Waals surface area contributed by atoms with Gasteiger partial charge in [-0.3, -0.25) is 4.74 Å². The van der Waals surface area contributed by atoms with E-state index in [2.05, 4.69) is 36.0 Å². The van der Waals surface area contributed by atoms with E-state index >= 15 is 0 Å². The van der Waals surface area contributed by atoms with Crippen molar-refractivity contribution >= 4 is 0 Å². The molecule has 2 aliphatic rings. The number of hydrogen-bond donors (Lipinski definition) is 1. The zero-order valence-electron chi connectivity index (χ0n) is 13.7. The van der Waals surface area contributed by atoms with Crippen LogP contribution in [-0.4, -0.2) is 18.9 Å². The fraction of sp³-hybridized carbons (Fsp3) is 0.556. The Balaban J connectivity index is 2.03. The standard InChI is InChI=1S/C18H25F2NO2/c1-13(2)4-5-16(21)12-14(3)17(8-9-17)15-6-10-22-18(19,20)23-11-7-15/h4-7,10,13,16H,3,8-9,11-12,21H2,1-2H3/b5-4-,10-6?,15-7?. The highest BCUT2D eigenvalue weighted by molar-refractivity contribution is 5.41. The number of alkyl halides is 2. The van der Waals surface area contributed by atoms with Gasteiger partial charge in [-0.2, -0.15) is 0 Å². The zero-order valence-corrected chi connectivity index (χ0v) is 13.7. The lowest BCUT2D eigenvalue weighted by Crippen LogP contribution is -2.25. The molecule has 0 saturated heterocycles. The molecule has 0 radical (unpaired) electrons. The fourth-order valence-corrected chi connectivity index (χ4v) is 2.76. The summed E-state index contributed by atoms with van der Waals surface area (Å²) in [6.07, 6.45) is 7.33. The van der Waals surface area contributed by atoms with Crippen LogP contribution in [0.5, 0.6) is 0 Å². The molecule has 0 aromatic rings. The van der Waals surface area contributed by atoms with E-state index in [9.17, 15) is 8.78 Å². The zero-order chi connectivity index (χ0) is 17.1. The number of rotatable bonds is 6. The van der Waals surface area contributed by atoms with E-state index in [1.54, 1.807) is 12.2 Å². The van der Waals surface area contributed by atoms with E-state index in [-0.39, 0.29) is 18.1 Å². The number of allylic oxidation sites excluding steroid dienone is 3. The number of ether oxygens (including phenoxy) is 2. The minimum absolute atomic E-state index is 0.0858. The lowest BCUT2D eigenvalue weighted by atomic mass is 9.84. The van der Waals surface area contributed by atoms with Crippen molar-refractivity contribution in [2.75, 3.05) is 6.61 Å². The predicted octanol–water partition coefficient (Wildman–Crippen LogP) is 4.29. The molecule has 2 rings (SSSR count). The lowest BCUT2D eigenvalue weighted by Gasteiger charge is -2.24. The molecule has 1 heterocycles. The smallest absolute Gasteiger partial charge is 0.417 e. The topological polar surface area (TPSA) is 44.5 Å². The number of nitrogens with two attached hydrogens (primary N) is 1. The average molecular weight is 325 g/mol. The molecule has 3 nitrogen and oxygen atoms in total. The maximum absolute atomic E-state index is 13.0. The van der Waals surface area contributed by atoms with Gasteiger partial charge in [0.1, 0.15) is 0 Å². The van der Waals surface area contributed by atoms with Crippen molar-refractivity contribution in [3.8, 4) is 0 Å². The second-order valence-corrected chi connectivity index (χ2v) is 6.54. The summed E-state index contributed by atoms with van der Waals surface area (Å²) in [7, 11) is 0. The molecule has 1 fully saturated rings. The van der Waals surface area contributed by atoms with Crippen LogP contribution < -0.4 is 5.73 Å². The van der Waals surface area contributed by atoms with Crippen LogP contribution in [0, 0.1) is 11.3 Å². The molecule has 0 spiro atoms. The minimum Gasteiger partial charge on any atom is -0.417 e. The monoisotopic (exact) mass is 325 g/mol. The summed E-state index contributed by atoms with van der Waals surface area (Å²) < 4.78 is 34.7. The molecule has 0 aromatic heterocycles. The van der Waals surface area contributed by atoms with E-state index < -0.39 is 6.29 Å². The second kappa shape index (κ2) is 6.97. The van der Waals surface area contributed by atoms with Crippen LogP contribution in [0.2, 0.25) is 0 Å². The van der Waals surface area contributed by atoms with Gasteiger partial charge in [0, 0.05) is 11.5 Å². The first-order valence-electron chi connectivity index (χ1n) is 7.94. The van der Waals surface area contributed by atoms with E-state index in [1.807, 2.05) is 6.08 Å². The molecule has 0 amide bonds. The van der Waals surface area contributed by atoms with Crippen molar-refractivity contribution in [1.29, 1.82) is 0 Å². The largest absolute Gasteiger partial charge is 0.534 e. The molecule has 1 saturated carbocycles. The normalized spacial score (nSPS) is 23.8. The third-order valence-electron chi connectivity index (χ3n) is 4.21. The Morgan fingerprint density at radius 1 is 1.39 bits per heavy atom. The third-order valence-corrected chi connectivity index (χ3v) is 4.21. The highest BCUT2D eigenvalue weighted by Crippen LogP contribution is 2.58. The van der Waals surface area contributed by atoms with Crippen LogP contribution >= 0.6 is 0 Å². The van der Waals surface area contributed by atoms with Crippen molar-refractivity contribution in [3.05, 3.63) is 48.3 Å². The molecule has 2 N–H and O–H groups in total. The number of hydrogen-bond acceptors (Lipinski definition) is 3. The van der Waals surface area contributed by atoms with Gasteiger partial charge >= 0.3 is 6.29 Å². The van der Waals surface area contributed by atoms with E-state index in [0.29, 0.717) is 12.3 Å². The molecule has 1 unspecified atom stereocenters. The first-order chi connectivity index (χ1) is 10.8. The van der Waals surface area contributed by atoms with Crippen LogP contribution in [0.1, 0.15) is 33.1 Å². The van der Waals surface area contributed by atoms with Crippen LogP contribution in [0.4, 0.5) is 8.78 Å². The quantitative estimate of drug-likeness (QED) is 0.741. The SMILES string of the molecule is C=C(CC(N)/C=C\C(C)C)C1(C2=CCOC(F)(F)OC=C2)CC1. The molecule has 5 heteroatoms. The Bertz CT molecular complexity index is 531. The van der Waals surface area contributed by atoms with Gasteiger partial charge < -0.3 is 10.5 Å². The van der Waals surface area contributed by atoms with Crippen LogP contribution in [0.3, 0.4) is 0 Å². The molecule has 1 aliphatic heterocycles. The first kappa shape index (κ1) is 17.9. The summed E-state index contributed by atoms with van der Waals surface area (Å²) >= 11 is 0. The molecule has 1 atom stereocenters. The van der Waals surface area contributed by atoms with Crippen LogP contribution in [0.15, 0.2) is 48.3 Å². The summed E-state index contributed by atoms with van der Waals surface area (Å²) in [4.78, 5) is 0. The van der Waals surface area contributed by atoms with Crippen LogP contribution in [-0.2, 0) is 9.47 Å². The maximum Gasteiger partial charge on any atom is 0.534 e. The van der Waals surface area contributed by atoms with E-state index in [0.717, 1.165) is 30.2 Å². The minimum atomic E-state index is -3.57. The summed E-state index contributed by atoms with van der Waals surface area (Å²) in [5, 5.41) is 0. The first-order valence-corrected chi connectivity index (χ1v) is 7.94. The molecule has 0 bridgehead atoms. The Hall–Kier alpha value is -1.46. The van der Waals surface area contributed by atoms with Gasteiger partial charge in [0.25, 0.3) is 0 Å². The van der Waals surface area contributed by atoms with Crippen molar-refractivity contribution < 1.29 is 18.3 Å². The summed E-state index contributed by atoms with van der Waals surface area (Å²) in [5.41, 5.74) is 7.90. The highest BCUT2D eigenvalue weighted by atomic mass is 19.3. The summed E-state index contributed by atoms with van der Waals surface area (Å²) in [5.74, 6) is 0.455. The molecular formula is C18H25F2NO2. The fourth-order valence-electron chi connectivity index (χ4n) is 2.76. The molecular weight excluding hydrogens is 300 g/mol. The molecule has 23 heavy (non-hydrogen) atoms. The number of halogens is 2. The van der Waals surface area contributed by atoms with E-state index in [4.69, 9.17) is 5.73 Å². The van der Waals surface area contributed by atoms with Gasteiger partial charge in [0.15, 0.2) is 0 Å². The Kier molecular flexibility index (Phi) is 5.42. The van der Waals surface area contributed by atoms with Crippen LogP contribution in [0.25, 0.3) is 0 Å². The summed E-state index contributed by atoms with van der Waals surface area (Å²) in [6.45, 7) is 8.20. The van der Waals surface area contributed by atoms with Crippen molar-refractivity contribution in [1.82, 2.24) is 0 Å². The predicted molar refractivity (Wildman–Crippen MR) is 86.6 cm³/mol.